The molecular formula is C20H19N3O4. The van der Waals surface area contributed by atoms with Crippen molar-refractivity contribution in [1.29, 1.82) is 0 Å². The molecule has 7 nitrogen and oxygen atoms in total. The number of carbonyl (C=O) groups is 2. The van der Waals surface area contributed by atoms with Crippen molar-refractivity contribution in [2.45, 2.75) is 25.7 Å². The average Bonchev–Trinajstić information content (AvgIpc) is 3.45. The Kier molecular flexibility index (Phi) is 4.35. The number of nitrogens with one attached hydrogen (secondary N) is 1. The Labute approximate surface area is 155 Å². The number of benzene rings is 1. The number of aryl methyl sites for hydroxylation is 1. The summed E-state index contributed by atoms with van der Waals surface area (Å²) in [6, 6.07) is 9.58. The summed E-state index contributed by atoms with van der Waals surface area (Å²) in [5, 5.41) is 7.30. The van der Waals surface area contributed by atoms with E-state index in [-0.39, 0.29) is 12.5 Å². The first-order chi connectivity index (χ1) is 13.1. The van der Waals surface area contributed by atoms with Crippen LogP contribution in [-0.2, 0) is 9.53 Å². The molecule has 4 rings (SSSR count). The van der Waals surface area contributed by atoms with Crippen molar-refractivity contribution in [2.75, 3.05) is 13.7 Å². The molecule has 0 radical (unpaired) electrons. The zero-order valence-corrected chi connectivity index (χ0v) is 15.1. The number of esters is 1. The molecule has 1 aliphatic carbocycles. The molecule has 0 atom stereocenters. The fraction of sp³-hybridized carbons (Fsp3) is 0.300. The summed E-state index contributed by atoms with van der Waals surface area (Å²) in [6.45, 7) is 1.79. The number of pyridine rings is 1. The number of hydrogen-bond acceptors (Lipinski definition) is 6. The van der Waals surface area contributed by atoms with E-state index in [9.17, 15) is 9.59 Å². The molecule has 1 fully saturated rings. The van der Waals surface area contributed by atoms with Crippen LogP contribution in [0.4, 0.5) is 0 Å². The summed E-state index contributed by atoms with van der Waals surface area (Å²) in [6.07, 6.45) is 2.08. The van der Waals surface area contributed by atoms with E-state index in [1.807, 2.05) is 31.2 Å². The summed E-state index contributed by atoms with van der Waals surface area (Å²) in [5.41, 5.74) is 4.07. The summed E-state index contributed by atoms with van der Waals surface area (Å²) in [4.78, 5) is 28.7. The lowest BCUT2D eigenvalue weighted by molar-refractivity contribution is -0.139. The molecule has 1 N–H and O–H groups in total. The maximum Gasteiger partial charge on any atom is 0.325 e. The maximum absolute atomic E-state index is 12.8. The van der Waals surface area contributed by atoms with Crippen molar-refractivity contribution in [3.8, 4) is 11.3 Å². The van der Waals surface area contributed by atoms with E-state index < -0.39 is 5.97 Å². The van der Waals surface area contributed by atoms with Gasteiger partial charge in [-0.1, -0.05) is 35.0 Å². The number of hydrogen-bond donors (Lipinski definition) is 1. The number of ether oxygens (including phenoxy) is 1. The average molecular weight is 365 g/mol. The molecule has 1 amide bonds. The van der Waals surface area contributed by atoms with Crippen molar-refractivity contribution >= 4 is 23.0 Å². The summed E-state index contributed by atoms with van der Waals surface area (Å²) in [7, 11) is 1.28. The Bertz CT molecular complexity index is 1020. The van der Waals surface area contributed by atoms with E-state index in [0.29, 0.717) is 28.3 Å². The topological polar surface area (TPSA) is 94.3 Å². The number of amides is 1. The van der Waals surface area contributed by atoms with Gasteiger partial charge in [-0.3, -0.25) is 9.59 Å². The lowest BCUT2D eigenvalue weighted by Crippen LogP contribution is -2.30. The van der Waals surface area contributed by atoms with E-state index in [4.69, 9.17) is 4.52 Å². The third-order valence-electron chi connectivity index (χ3n) is 4.65. The van der Waals surface area contributed by atoms with Crippen LogP contribution in [0, 0.1) is 6.92 Å². The first-order valence-electron chi connectivity index (χ1n) is 8.79. The predicted octanol–water partition coefficient (Wildman–Crippen LogP) is 2.98. The Morgan fingerprint density at radius 3 is 2.67 bits per heavy atom. The van der Waals surface area contributed by atoms with Crippen LogP contribution in [-0.4, -0.2) is 35.7 Å². The second kappa shape index (κ2) is 6.83. The van der Waals surface area contributed by atoms with Crippen LogP contribution >= 0.6 is 0 Å². The fourth-order valence-corrected chi connectivity index (χ4v) is 2.97. The monoisotopic (exact) mass is 365 g/mol. The van der Waals surface area contributed by atoms with Crippen LogP contribution in [0.1, 0.15) is 40.4 Å². The van der Waals surface area contributed by atoms with E-state index in [0.717, 1.165) is 29.7 Å². The van der Waals surface area contributed by atoms with E-state index >= 15 is 0 Å². The Balaban J connectivity index is 1.80. The molecule has 0 bridgehead atoms. The largest absolute Gasteiger partial charge is 0.468 e. The number of carbonyl (C=O) groups excluding carboxylic acids is 2. The number of fused-ring (bicyclic) bond motifs is 1. The SMILES string of the molecule is COC(=O)CNC(=O)c1cc(C2CC2)nc2onc(-c3ccc(C)cc3)c12. The smallest absolute Gasteiger partial charge is 0.325 e. The van der Waals surface area contributed by atoms with Crippen LogP contribution in [0.15, 0.2) is 34.9 Å². The van der Waals surface area contributed by atoms with Crippen LogP contribution in [0.25, 0.3) is 22.4 Å². The van der Waals surface area contributed by atoms with Gasteiger partial charge in [0.1, 0.15) is 12.2 Å². The molecule has 2 aromatic heterocycles. The molecule has 0 saturated heterocycles. The van der Waals surface area contributed by atoms with E-state index in [1.54, 1.807) is 6.07 Å². The highest BCUT2D eigenvalue weighted by Crippen LogP contribution is 2.41. The van der Waals surface area contributed by atoms with Crippen LogP contribution < -0.4 is 5.32 Å². The van der Waals surface area contributed by atoms with Crippen LogP contribution in [0.2, 0.25) is 0 Å². The van der Waals surface area contributed by atoms with Gasteiger partial charge in [0.15, 0.2) is 0 Å². The third kappa shape index (κ3) is 3.40. The molecule has 1 aromatic carbocycles. The van der Waals surface area contributed by atoms with Crippen molar-refractivity contribution in [3.63, 3.8) is 0 Å². The molecule has 3 aromatic rings. The Morgan fingerprint density at radius 2 is 2.00 bits per heavy atom. The highest BCUT2D eigenvalue weighted by molar-refractivity contribution is 6.10. The van der Waals surface area contributed by atoms with Crippen LogP contribution in [0.5, 0.6) is 0 Å². The standard InChI is InChI=1S/C20H19N3O4/c1-11-3-5-13(6-4-11)18-17-14(19(25)21-10-16(24)26-2)9-15(12-7-8-12)22-20(17)27-23-18/h3-6,9,12H,7-8,10H2,1-2H3,(H,21,25). The van der Waals surface area contributed by atoms with Crippen molar-refractivity contribution in [2.24, 2.45) is 0 Å². The molecule has 27 heavy (non-hydrogen) atoms. The minimum absolute atomic E-state index is 0.205. The van der Waals surface area contributed by atoms with Crippen molar-refractivity contribution in [3.05, 3.63) is 47.2 Å². The summed E-state index contributed by atoms with van der Waals surface area (Å²) >= 11 is 0. The van der Waals surface area contributed by atoms with E-state index in [2.05, 4.69) is 20.2 Å². The highest BCUT2D eigenvalue weighted by atomic mass is 16.5. The van der Waals surface area contributed by atoms with Crippen LogP contribution in [0.3, 0.4) is 0 Å². The quantitative estimate of drug-likeness (QED) is 0.699. The Hall–Kier alpha value is -3.22. The molecule has 2 heterocycles. The zero-order chi connectivity index (χ0) is 19.0. The van der Waals surface area contributed by atoms with Gasteiger partial charge in [0.25, 0.3) is 11.6 Å². The minimum atomic E-state index is -0.514. The van der Waals surface area contributed by atoms with Gasteiger partial charge in [-0.05, 0) is 25.8 Å². The number of rotatable bonds is 5. The molecule has 0 spiro atoms. The zero-order valence-electron chi connectivity index (χ0n) is 15.1. The Morgan fingerprint density at radius 1 is 1.26 bits per heavy atom. The first-order valence-corrected chi connectivity index (χ1v) is 8.79. The third-order valence-corrected chi connectivity index (χ3v) is 4.65. The number of nitrogens with zero attached hydrogens (tertiary/aromatic N) is 2. The van der Waals surface area contributed by atoms with Crippen molar-refractivity contribution in [1.82, 2.24) is 15.5 Å². The van der Waals surface area contributed by atoms with Gasteiger partial charge in [0, 0.05) is 17.2 Å². The minimum Gasteiger partial charge on any atom is -0.468 e. The van der Waals surface area contributed by atoms with Gasteiger partial charge in [-0.25, -0.2) is 4.98 Å². The molecule has 1 saturated carbocycles. The van der Waals surface area contributed by atoms with Gasteiger partial charge in [-0.15, -0.1) is 0 Å². The molecule has 138 valence electrons. The molecule has 0 aliphatic heterocycles. The van der Waals surface area contributed by atoms with Gasteiger partial charge >= 0.3 is 5.97 Å². The van der Waals surface area contributed by atoms with Gasteiger partial charge in [0.2, 0.25) is 0 Å². The summed E-state index contributed by atoms with van der Waals surface area (Å²) in [5.74, 6) is -0.555. The predicted molar refractivity (Wildman–Crippen MR) is 98.3 cm³/mol. The second-order valence-corrected chi connectivity index (χ2v) is 6.71. The molecule has 7 heteroatoms. The maximum atomic E-state index is 12.8. The van der Waals surface area contributed by atoms with Gasteiger partial charge < -0.3 is 14.6 Å². The van der Waals surface area contributed by atoms with Gasteiger partial charge in [-0.2, -0.15) is 0 Å². The second-order valence-electron chi connectivity index (χ2n) is 6.71. The lowest BCUT2D eigenvalue weighted by atomic mass is 10.0. The number of methoxy groups -OCH3 is 1. The molecular weight excluding hydrogens is 346 g/mol. The molecule has 1 aliphatic rings. The first kappa shape index (κ1) is 17.2. The van der Waals surface area contributed by atoms with Gasteiger partial charge in [0.05, 0.1) is 18.1 Å². The van der Waals surface area contributed by atoms with Crippen molar-refractivity contribution < 1.29 is 18.8 Å². The van der Waals surface area contributed by atoms with E-state index in [1.165, 1.54) is 7.11 Å². The highest BCUT2D eigenvalue weighted by Gasteiger charge is 2.29. The summed E-state index contributed by atoms with van der Waals surface area (Å²) < 4.78 is 10.0. The fourth-order valence-electron chi connectivity index (χ4n) is 2.97. The number of aromatic nitrogens is 2. The molecule has 0 unspecified atom stereocenters. The normalized spacial score (nSPS) is 13.6. The lowest BCUT2D eigenvalue weighted by Gasteiger charge is -2.08.